The minimum absolute atomic E-state index is 0.0692. The second-order valence-corrected chi connectivity index (χ2v) is 9.96. The smallest absolute Gasteiger partial charge is 0.343 e. The van der Waals surface area contributed by atoms with Crippen LogP contribution in [0.25, 0.3) is 0 Å². The number of ether oxygens (including phenoxy) is 1. The molecule has 3 atom stereocenters. The standard InChI is InChI=1S/C27H37N2O3/c1-29(19-9-16-24-15-7-8-18-28-24)20-10-17-25(21-29)32-26(30)27(31,23-13-5-6-14-23)22-11-3-2-4-12-22/h2-4,7-8,11-12,15,18,23,25,31H,5-6,9-10,13-14,16-17,19-21H2,1H3/q+1. The molecular formula is C27H37N2O3+. The maximum Gasteiger partial charge on any atom is 0.343 e. The summed E-state index contributed by atoms with van der Waals surface area (Å²) in [6.45, 7) is 2.95. The van der Waals surface area contributed by atoms with E-state index in [9.17, 15) is 9.90 Å². The number of quaternary nitrogens is 1. The van der Waals surface area contributed by atoms with Gasteiger partial charge in [-0.2, -0.15) is 0 Å². The summed E-state index contributed by atoms with van der Waals surface area (Å²) < 4.78 is 6.97. The number of rotatable bonds is 8. The summed E-state index contributed by atoms with van der Waals surface area (Å²) >= 11 is 0. The number of likely N-dealkylation sites (tertiary alicyclic amines) is 1. The van der Waals surface area contributed by atoms with E-state index in [1.165, 1.54) is 0 Å². The number of carbonyl (C=O) groups excluding carboxylic acids is 1. The van der Waals surface area contributed by atoms with Gasteiger partial charge in [0.05, 0.1) is 20.1 Å². The van der Waals surface area contributed by atoms with E-state index in [0.717, 1.165) is 81.2 Å². The van der Waals surface area contributed by atoms with E-state index in [4.69, 9.17) is 4.74 Å². The first-order valence-corrected chi connectivity index (χ1v) is 12.2. The summed E-state index contributed by atoms with van der Waals surface area (Å²) in [5.74, 6) is -0.525. The van der Waals surface area contributed by atoms with Crippen LogP contribution in [-0.2, 0) is 21.6 Å². The summed E-state index contributed by atoms with van der Waals surface area (Å²) in [7, 11) is 2.26. The first-order chi connectivity index (χ1) is 15.5. The average Bonchev–Trinajstić information content (AvgIpc) is 3.35. The van der Waals surface area contributed by atoms with Gasteiger partial charge in [0.2, 0.25) is 0 Å². The molecule has 4 rings (SSSR count). The molecule has 2 aromatic rings. The van der Waals surface area contributed by atoms with Gasteiger partial charge in [0, 0.05) is 30.7 Å². The number of aryl methyl sites for hydroxylation is 1. The minimum atomic E-state index is -1.54. The summed E-state index contributed by atoms with van der Waals surface area (Å²) in [6.07, 6.45) is 9.48. The molecule has 0 spiro atoms. The molecule has 172 valence electrons. The molecule has 5 nitrogen and oxygen atoms in total. The number of aliphatic hydroxyl groups is 1. The van der Waals surface area contributed by atoms with Gasteiger partial charge in [0.25, 0.3) is 0 Å². The topological polar surface area (TPSA) is 59.4 Å². The number of carbonyl (C=O) groups is 1. The summed E-state index contributed by atoms with van der Waals surface area (Å²) in [5.41, 5.74) is 0.251. The SMILES string of the molecule is C[N+]1(CCCc2ccccn2)CCCC(OC(=O)C(O)(c2ccccc2)C2CCCC2)C1. The third kappa shape index (κ3) is 5.21. The van der Waals surface area contributed by atoms with Gasteiger partial charge in [-0.25, -0.2) is 4.79 Å². The number of nitrogens with zero attached hydrogens (tertiary/aromatic N) is 2. The number of likely N-dealkylation sites (N-methyl/N-ethyl adjacent to an activating group) is 1. The highest BCUT2D eigenvalue weighted by atomic mass is 16.6. The zero-order valence-electron chi connectivity index (χ0n) is 19.3. The molecule has 32 heavy (non-hydrogen) atoms. The van der Waals surface area contributed by atoms with Crippen molar-refractivity contribution in [2.45, 2.75) is 63.1 Å². The molecule has 2 fully saturated rings. The largest absolute Gasteiger partial charge is 0.454 e. The lowest BCUT2D eigenvalue weighted by Gasteiger charge is -2.42. The number of hydrogen-bond acceptors (Lipinski definition) is 4. The number of piperidine rings is 1. The molecule has 1 aliphatic carbocycles. The van der Waals surface area contributed by atoms with Crippen LogP contribution in [0.15, 0.2) is 54.7 Å². The van der Waals surface area contributed by atoms with Crippen molar-refractivity contribution in [1.29, 1.82) is 0 Å². The number of aromatic nitrogens is 1. The van der Waals surface area contributed by atoms with Crippen molar-refractivity contribution in [2.75, 3.05) is 26.7 Å². The molecule has 1 N–H and O–H groups in total. The Hall–Kier alpha value is -2.24. The van der Waals surface area contributed by atoms with Crippen LogP contribution in [-0.4, -0.2) is 53.3 Å². The van der Waals surface area contributed by atoms with Gasteiger partial charge in [-0.1, -0.05) is 49.2 Å². The van der Waals surface area contributed by atoms with Crippen LogP contribution < -0.4 is 0 Å². The van der Waals surface area contributed by atoms with Crippen molar-refractivity contribution in [3.05, 3.63) is 66.0 Å². The Balaban J connectivity index is 1.40. The fraction of sp³-hybridized carbons (Fsp3) is 0.556. The first kappa shape index (κ1) is 22.9. The van der Waals surface area contributed by atoms with Gasteiger partial charge in [-0.15, -0.1) is 0 Å². The van der Waals surface area contributed by atoms with Crippen LogP contribution in [0.3, 0.4) is 0 Å². The molecule has 1 saturated carbocycles. The van der Waals surface area contributed by atoms with Crippen molar-refractivity contribution in [3.8, 4) is 0 Å². The highest BCUT2D eigenvalue weighted by molar-refractivity contribution is 5.81. The normalized spacial score (nSPS) is 25.9. The molecule has 1 aliphatic heterocycles. The van der Waals surface area contributed by atoms with Crippen LogP contribution in [0.2, 0.25) is 0 Å². The van der Waals surface area contributed by atoms with Gasteiger partial charge in [-0.05, 0) is 43.4 Å². The number of pyridine rings is 1. The molecule has 2 heterocycles. The molecule has 1 aromatic heterocycles. The van der Waals surface area contributed by atoms with E-state index in [1.807, 2.05) is 48.7 Å². The Morgan fingerprint density at radius 2 is 1.84 bits per heavy atom. The lowest BCUT2D eigenvalue weighted by Crippen LogP contribution is -2.55. The Kier molecular flexibility index (Phi) is 7.27. The Morgan fingerprint density at radius 1 is 1.09 bits per heavy atom. The lowest BCUT2D eigenvalue weighted by molar-refractivity contribution is -0.917. The highest BCUT2D eigenvalue weighted by Crippen LogP contribution is 2.42. The predicted molar refractivity (Wildman–Crippen MR) is 125 cm³/mol. The minimum Gasteiger partial charge on any atom is -0.454 e. The van der Waals surface area contributed by atoms with Gasteiger partial charge in [-0.3, -0.25) is 4.98 Å². The van der Waals surface area contributed by atoms with E-state index >= 15 is 0 Å². The van der Waals surface area contributed by atoms with Crippen molar-refractivity contribution in [2.24, 2.45) is 5.92 Å². The maximum absolute atomic E-state index is 13.4. The monoisotopic (exact) mass is 437 g/mol. The number of hydrogen-bond donors (Lipinski definition) is 1. The van der Waals surface area contributed by atoms with Gasteiger partial charge in [0.1, 0.15) is 6.54 Å². The average molecular weight is 438 g/mol. The van der Waals surface area contributed by atoms with Crippen molar-refractivity contribution >= 4 is 5.97 Å². The Labute approximate surface area is 192 Å². The van der Waals surface area contributed by atoms with Gasteiger partial charge in [0.15, 0.2) is 11.7 Å². The fourth-order valence-electron chi connectivity index (χ4n) is 5.66. The zero-order valence-corrected chi connectivity index (χ0v) is 19.3. The highest BCUT2D eigenvalue weighted by Gasteiger charge is 2.49. The molecule has 2 aliphatic rings. The summed E-state index contributed by atoms with van der Waals surface area (Å²) in [4.78, 5) is 17.9. The van der Waals surface area contributed by atoms with Crippen molar-refractivity contribution in [1.82, 2.24) is 4.98 Å². The van der Waals surface area contributed by atoms with E-state index < -0.39 is 11.6 Å². The van der Waals surface area contributed by atoms with Crippen LogP contribution in [0.4, 0.5) is 0 Å². The van der Waals surface area contributed by atoms with Crippen molar-refractivity contribution < 1.29 is 19.1 Å². The zero-order chi connectivity index (χ0) is 22.4. The van der Waals surface area contributed by atoms with E-state index in [2.05, 4.69) is 18.1 Å². The van der Waals surface area contributed by atoms with Gasteiger partial charge >= 0.3 is 5.97 Å². The second-order valence-electron chi connectivity index (χ2n) is 9.96. The Bertz CT molecular complexity index is 869. The molecular weight excluding hydrogens is 400 g/mol. The van der Waals surface area contributed by atoms with Crippen LogP contribution >= 0.6 is 0 Å². The van der Waals surface area contributed by atoms with Gasteiger partial charge < -0.3 is 14.3 Å². The van der Waals surface area contributed by atoms with Crippen LogP contribution in [0.1, 0.15) is 56.2 Å². The third-order valence-corrected chi connectivity index (χ3v) is 7.47. The number of benzene rings is 1. The van der Waals surface area contributed by atoms with E-state index in [0.29, 0.717) is 5.56 Å². The second kappa shape index (κ2) is 10.1. The quantitative estimate of drug-likeness (QED) is 0.496. The van der Waals surface area contributed by atoms with Crippen LogP contribution in [0.5, 0.6) is 0 Å². The summed E-state index contributed by atoms with van der Waals surface area (Å²) in [5, 5.41) is 11.7. The molecule has 1 aromatic carbocycles. The predicted octanol–water partition coefficient (Wildman–Crippen LogP) is 4.24. The molecule has 0 amide bonds. The summed E-state index contributed by atoms with van der Waals surface area (Å²) in [6, 6.07) is 15.5. The van der Waals surface area contributed by atoms with E-state index in [-0.39, 0.29) is 12.0 Å². The van der Waals surface area contributed by atoms with Crippen molar-refractivity contribution in [3.63, 3.8) is 0 Å². The molecule has 5 heteroatoms. The fourth-order valence-corrected chi connectivity index (χ4v) is 5.66. The first-order valence-electron chi connectivity index (χ1n) is 12.2. The van der Waals surface area contributed by atoms with E-state index in [1.54, 1.807) is 0 Å². The number of esters is 1. The molecule has 0 radical (unpaired) electrons. The van der Waals surface area contributed by atoms with Crippen LogP contribution in [0, 0.1) is 5.92 Å². The maximum atomic E-state index is 13.4. The molecule has 3 unspecified atom stereocenters. The lowest BCUT2D eigenvalue weighted by atomic mass is 9.80. The third-order valence-electron chi connectivity index (χ3n) is 7.47. The Morgan fingerprint density at radius 3 is 2.56 bits per heavy atom. The molecule has 1 saturated heterocycles. The molecule has 0 bridgehead atoms.